The lowest BCUT2D eigenvalue weighted by atomic mass is 10.1. The zero-order valence-electron chi connectivity index (χ0n) is 14.1. The number of nitrogens with zero attached hydrogens (tertiary/aromatic N) is 1. The molecule has 126 valence electrons. The first-order valence-corrected chi connectivity index (χ1v) is 8.45. The van der Waals surface area contributed by atoms with E-state index in [1.807, 2.05) is 36.4 Å². The molecular formula is C22H22N2O. The summed E-state index contributed by atoms with van der Waals surface area (Å²) in [5, 5.41) is 0. The van der Waals surface area contributed by atoms with Gasteiger partial charge in [-0.1, -0.05) is 48.5 Å². The monoisotopic (exact) mass is 330 g/mol. The molecule has 0 amide bonds. The van der Waals surface area contributed by atoms with E-state index in [9.17, 15) is 4.79 Å². The van der Waals surface area contributed by atoms with Crippen LogP contribution in [0.25, 0.3) is 0 Å². The van der Waals surface area contributed by atoms with Gasteiger partial charge in [-0.3, -0.25) is 4.79 Å². The molecule has 0 aliphatic carbocycles. The van der Waals surface area contributed by atoms with E-state index in [2.05, 4.69) is 29.2 Å². The summed E-state index contributed by atoms with van der Waals surface area (Å²) >= 11 is 0. The van der Waals surface area contributed by atoms with Crippen molar-refractivity contribution >= 4 is 17.2 Å². The molecule has 0 unspecified atom stereocenters. The first kappa shape index (κ1) is 16.8. The molecule has 0 spiro atoms. The topological polar surface area (TPSA) is 46.3 Å². The Morgan fingerprint density at radius 2 is 1.40 bits per heavy atom. The van der Waals surface area contributed by atoms with Gasteiger partial charge >= 0.3 is 0 Å². The summed E-state index contributed by atoms with van der Waals surface area (Å²) in [5.74, 6) is 0.133. The summed E-state index contributed by atoms with van der Waals surface area (Å²) < 4.78 is 0. The highest BCUT2D eigenvalue weighted by atomic mass is 16.1. The van der Waals surface area contributed by atoms with Crippen molar-refractivity contribution in [2.45, 2.75) is 13.0 Å². The second-order valence-corrected chi connectivity index (χ2v) is 6.04. The van der Waals surface area contributed by atoms with Gasteiger partial charge in [0.05, 0.1) is 0 Å². The molecule has 0 aliphatic heterocycles. The Labute approximate surface area is 148 Å². The number of carbonyl (C=O) groups is 1. The van der Waals surface area contributed by atoms with Gasteiger partial charge in [0.2, 0.25) is 0 Å². The molecule has 0 bridgehead atoms. The number of anilines is 2. The highest BCUT2D eigenvalue weighted by molar-refractivity contribution is 5.96. The van der Waals surface area contributed by atoms with Crippen molar-refractivity contribution in [3.8, 4) is 0 Å². The third kappa shape index (κ3) is 4.70. The van der Waals surface area contributed by atoms with Crippen molar-refractivity contribution in [3.05, 3.63) is 96.1 Å². The molecule has 2 N–H and O–H groups in total. The molecule has 0 saturated heterocycles. The van der Waals surface area contributed by atoms with E-state index in [1.54, 1.807) is 24.3 Å². The van der Waals surface area contributed by atoms with Gasteiger partial charge in [0, 0.05) is 36.4 Å². The summed E-state index contributed by atoms with van der Waals surface area (Å²) in [6.45, 7) is 1.45. The van der Waals surface area contributed by atoms with Gasteiger partial charge in [-0.25, -0.2) is 0 Å². The van der Waals surface area contributed by atoms with Crippen molar-refractivity contribution in [3.63, 3.8) is 0 Å². The third-order valence-corrected chi connectivity index (χ3v) is 4.18. The molecule has 0 fully saturated rings. The minimum Gasteiger partial charge on any atom is -0.399 e. The Bertz CT molecular complexity index is 798. The average Bonchev–Trinajstić information content (AvgIpc) is 2.67. The second kappa shape index (κ2) is 8.15. The maximum atomic E-state index is 12.5. The van der Waals surface area contributed by atoms with Crippen LogP contribution in [-0.4, -0.2) is 12.3 Å². The van der Waals surface area contributed by atoms with Gasteiger partial charge in [0.15, 0.2) is 5.78 Å². The average molecular weight is 330 g/mol. The Hall–Kier alpha value is -3.07. The Balaban J connectivity index is 1.71. The molecule has 0 radical (unpaired) electrons. The standard InChI is InChI=1S/C22H22N2O/c23-20-13-11-19(12-14-20)22(25)15-16-24(21-9-5-2-6-10-21)17-18-7-3-1-4-8-18/h1-14H,15-17,23H2. The fraction of sp³-hybridized carbons (Fsp3) is 0.136. The Kier molecular flexibility index (Phi) is 5.47. The normalized spacial score (nSPS) is 10.4. The summed E-state index contributed by atoms with van der Waals surface area (Å²) in [4.78, 5) is 14.7. The lowest BCUT2D eigenvalue weighted by Crippen LogP contribution is -2.25. The number of nitrogen functional groups attached to an aromatic ring is 1. The molecule has 3 nitrogen and oxygen atoms in total. The number of Topliss-reactive ketones (excluding diaryl/α,β-unsaturated/α-hetero) is 1. The predicted octanol–water partition coefficient (Wildman–Crippen LogP) is 4.55. The van der Waals surface area contributed by atoms with E-state index in [0.717, 1.165) is 12.2 Å². The number of ketones is 1. The first-order chi connectivity index (χ1) is 12.2. The summed E-state index contributed by atoms with van der Waals surface area (Å²) in [5.41, 5.74) is 9.42. The molecule has 3 rings (SSSR count). The van der Waals surface area contributed by atoms with Crippen molar-refractivity contribution in [2.24, 2.45) is 0 Å². The van der Waals surface area contributed by atoms with Gasteiger partial charge in [-0.2, -0.15) is 0 Å². The third-order valence-electron chi connectivity index (χ3n) is 4.18. The van der Waals surface area contributed by atoms with Crippen LogP contribution in [0.5, 0.6) is 0 Å². The number of rotatable bonds is 7. The smallest absolute Gasteiger partial charge is 0.164 e. The van der Waals surface area contributed by atoms with Gasteiger partial charge in [0.25, 0.3) is 0 Å². The molecule has 0 heterocycles. The van der Waals surface area contributed by atoms with Crippen molar-refractivity contribution in [2.75, 3.05) is 17.2 Å². The zero-order chi connectivity index (χ0) is 17.5. The fourth-order valence-electron chi connectivity index (χ4n) is 2.79. The number of para-hydroxylation sites is 1. The van der Waals surface area contributed by atoms with Crippen molar-refractivity contribution < 1.29 is 4.79 Å². The van der Waals surface area contributed by atoms with Crippen LogP contribution in [0.1, 0.15) is 22.3 Å². The van der Waals surface area contributed by atoms with Gasteiger partial charge in [-0.05, 0) is 42.0 Å². The van der Waals surface area contributed by atoms with Crippen LogP contribution in [0.3, 0.4) is 0 Å². The van der Waals surface area contributed by atoms with Crippen LogP contribution < -0.4 is 10.6 Å². The lowest BCUT2D eigenvalue weighted by Gasteiger charge is -2.25. The maximum absolute atomic E-state index is 12.5. The number of hydrogen-bond donors (Lipinski definition) is 1. The quantitative estimate of drug-likeness (QED) is 0.511. The van der Waals surface area contributed by atoms with Gasteiger partial charge in [0.1, 0.15) is 0 Å². The van der Waals surface area contributed by atoms with Crippen molar-refractivity contribution in [1.29, 1.82) is 0 Å². The lowest BCUT2D eigenvalue weighted by molar-refractivity contribution is 0.0984. The van der Waals surface area contributed by atoms with Gasteiger partial charge < -0.3 is 10.6 Å². The summed E-state index contributed by atoms with van der Waals surface area (Å²) in [6, 6.07) is 27.6. The van der Waals surface area contributed by atoms with Crippen LogP contribution in [0.4, 0.5) is 11.4 Å². The molecule has 0 aliphatic rings. The van der Waals surface area contributed by atoms with Crippen LogP contribution >= 0.6 is 0 Å². The Morgan fingerprint density at radius 1 is 0.800 bits per heavy atom. The molecular weight excluding hydrogens is 308 g/mol. The molecule has 0 atom stereocenters. The zero-order valence-corrected chi connectivity index (χ0v) is 14.1. The number of benzene rings is 3. The van der Waals surface area contributed by atoms with Crippen molar-refractivity contribution in [1.82, 2.24) is 0 Å². The van der Waals surface area contributed by atoms with E-state index in [4.69, 9.17) is 5.73 Å². The summed E-state index contributed by atoms with van der Waals surface area (Å²) in [7, 11) is 0. The van der Waals surface area contributed by atoms with E-state index in [0.29, 0.717) is 24.2 Å². The molecule has 25 heavy (non-hydrogen) atoms. The second-order valence-electron chi connectivity index (χ2n) is 6.04. The Morgan fingerprint density at radius 3 is 2.04 bits per heavy atom. The highest BCUT2D eigenvalue weighted by Crippen LogP contribution is 2.18. The number of nitrogens with two attached hydrogens (primary N) is 1. The predicted molar refractivity (Wildman–Crippen MR) is 104 cm³/mol. The first-order valence-electron chi connectivity index (χ1n) is 8.45. The molecule has 3 heteroatoms. The minimum absolute atomic E-state index is 0.133. The number of hydrogen-bond acceptors (Lipinski definition) is 3. The van der Waals surface area contributed by atoms with E-state index in [-0.39, 0.29) is 5.78 Å². The highest BCUT2D eigenvalue weighted by Gasteiger charge is 2.11. The van der Waals surface area contributed by atoms with E-state index >= 15 is 0 Å². The van der Waals surface area contributed by atoms with E-state index in [1.165, 1.54) is 5.56 Å². The van der Waals surface area contributed by atoms with Crippen LogP contribution in [-0.2, 0) is 6.54 Å². The van der Waals surface area contributed by atoms with Crippen LogP contribution in [0.2, 0.25) is 0 Å². The largest absolute Gasteiger partial charge is 0.399 e. The SMILES string of the molecule is Nc1ccc(C(=O)CCN(Cc2ccccc2)c2ccccc2)cc1. The van der Waals surface area contributed by atoms with Crippen LogP contribution in [0.15, 0.2) is 84.9 Å². The van der Waals surface area contributed by atoms with E-state index < -0.39 is 0 Å². The number of carbonyl (C=O) groups excluding carboxylic acids is 1. The summed E-state index contributed by atoms with van der Waals surface area (Å²) in [6.07, 6.45) is 0.464. The molecule has 3 aromatic rings. The molecule has 0 aromatic heterocycles. The molecule has 0 saturated carbocycles. The maximum Gasteiger partial charge on any atom is 0.164 e. The minimum atomic E-state index is 0.133. The fourth-order valence-corrected chi connectivity index (χ4v) is 2.79. The van der Waals surface area contributed by atoms with Crippen LogP contribution in [0, 0.1) is 0 Å². The molecule has 3 aromatic carbocycles. The van der Waals surface area contributed by atoms with Gasteiger partial charge in [-0.15, -0.1) is 0 Å².